The Balaban J connectivity index is 1.03. The molecule has 0 amide bonds. The zero-order valence-electron chi connectivity index (χ0n) is 29.5. The number of hydrogen-bond donors (Lipinski definition) is 1. The van der Waals surface area contributed by atoms with E-state index >= 15 is 0 Å². The molecule has 2 aliphatic rings. The zero-order valence-corrected chi connectivity index (χ0v) is 29.5. The molecule has 2 heterocycles. The van der Waals surface area contributed by atoms with Crippen molar-refractivity contribution in [1.29, 1.82) is 0 Å². The maximum Gasteiger partial charge on any atom is 0.160 e. The first-order chi connectivity index (χ1) is 26.1. The second-order valence-electron chi connectivity index (χ2n) is 14.3. The molecule has 1 aliphatic carbocycles. The van der Waals surface area contributed by atoms with Crippen molar-refractivity contribution in [3.05, 3.63) is 185 Å². The van der Waals surface area contributed by atoms with Gasteiger partial charge >= 0.3 is 0 Å². The second-order valence-corrected chi connectivity index (χ2v) is 14.3. The Morgan fingerprint density at radius 1 is 0.679 bits per heavy atom. The molecule has 0 saturated heterocycles. The number of aliphatic imine (C=N–C) groups is 1. The number of nitrogens with two attached hydrogens (primary N) is 1. The summed E-state index contributed by atoms with van der Waals surface area (Å²) in [4.78, 5) is 5.45. The number of rotatable bonds is 6. The SMILES string of the molecule is CC(/N=C(/c1ccccc1)C1Oc2ccccc2C1N)c1cc2c3c(oc2c2ccccc12)C=C(c1ccc(-c2cccc4ccccc24)cc1)CC3. The minimum absolute atomic E-state index is 0.167. The monoisotopic (exact) mass is 686 g/mol. The lowest BCUT2D eigenvalue weighted by Crippen LogP contribution is -2.34. The van der Waals surface area contributed by atoms with Crippen molar-refractivity contribution in [1.82, 2.24) is 0 Å². The van der Waals surface area contributed by atoms with Gasteiger partial charge in [-0.15, -0.1) is 0 Å². The standard InChI is InChI=1S/C49H38N2O2/c1-30(51-47(34-13-3-2-4-14-34)49-46(50)41-19-9-10-21-44(41)52-49)42-29-43-39-27-26-35(28-45(39)53-48(43)40-18-8-7-17-38(40)42)31-22-24-33(25-23-31)37-20-11-15-32-12-5-6-16-36(32)37/h2-25,28-30,46,49H,26-27,50H2,1H3/b51-47-. The molecular weight excluding hydrogens is 649 g/mol. The van der Waals surface area contributed by atoms with Crippen molar-refractivity contribution in [2.45, 2.75) is 38.0 Å². The predicted octanol–water partition coefficient (Wildman–Crippen LogP) is 11.9. The molecule has 0 fully saturated rings. The molecular formula is C49H38N2O2. The highest BCUT2D eigenvalue weighted by Gasteiger charge is 2.36. The summed E-state index contributed by atoms with van der Waals surface area (Å²) in [6.45, 7) is 2.18. The number of nitrogens with zero attached hydrogens (tertiary/aromatic N) is 1. The number of hydrogen-bond acceptors (Lipinski definition) is 4. The van der Waals surface area contributed by atoms with Gasteiger partial charge in [-0.25, -0.2) is 0 Å². The minimum Gasteiger partial charge on any atom is -0.482 e. The van der Waals surface area contributed by atoms with Crippen molar-refractivity contribution < 1.29 is 9.15 Å². The predicted molar refractivity (Wildman–Crippen MR) is 218 cm³/mol. The molecule has 4 nitrogen and oxygen atoms in total. The second kappa shape index (κ2) is 12.8. The normalized spacial score (nSPS) is 17.4. The Kier molecular flexibility index (Phi) is 7.59. The highest BCUT2D eigenvalue weighted by molar-refractivity contribution is 6.09. The van der Waals surface area contributed by atoms with E-state index in [9.17, 15) is 0 Å². The van der Waals surface area contributed by atoms with Crippen molar-refractivity contribution in [2.75, 3.05) is 0 Å². The van der Waals surface area contributed by atoms with Crippen LogP contribution in [0, 0.1) is 0 Å². The number of ether oxygens (including phenoxy) is 1. The van der Waals surface area contributed by atoms with E-state index in [1.165, 1.54) is 44.0 Å². The van der Waals surface area contributed by atoms with Crippen LogP contribution in [0.4, 0.5) is 0 Å². The lowest BCUT2D eigenvalue weighted by molar-refractivity contribution is 0.275. The first kappa shape index (κ1) is 31.5. The summed E-state index contributed by atoms with van der Waals surface area (Å²) in [6, 6.07) is 52.9. The molecule has 0 radical (unpaired) electrons. The largest absolute Gasteiger partial charge is 0.482 e. The van der Waals surface area contributed by atoms with Gasteiger partial charge in [-0.1, -0.05) is 140 Å². The maximum absolute atomic E-state index is 6.85. The van der Waals surface area contributed by atoms with Gasteiger partial charge in [0.05, 0.1) is 17.8 Å². The van der Waals surface area contributed by atoms with Gasteiger partial charge in [0.25, 0.3) is 0 Å². The molecule has 4 heteroatoms. The van der Waals surface area contributed by atoms with Gasteiger partial charge in [0, 0.05) is 21.9 Å². The Labute approximate surface area is 308 Å². The summed E-state index contributed by atoms with van der Waals surface area (Å²) >= 11 is 0. The van der Waals surface area contributed by atoms with E-state index < -0.39 is 6.10 Å². The molecule has 3 atom stereocenters. The topological polar surface area (TPSA) is 60.8 Å². The van der Waals surface area contributed by atoms with E-state index in [1.54, 1.807) is 0 Å². The number of aryl methyl sites for hydroxylation is 1. The van der Waals surface area contributed by atoms with Crippen LogP contribution in [-0.2, 0) is 6.42 Å². The molecule has 256 valence electrons. The molecule has 0 bridgehead atoms. The number of fused-ring (bicyclic) bond motifs is 7. The highest BCUT2D eigenvalue weighted by atomic mass is 16.5. The van der Waals surface area contributed by atoms with Crippen molar-refractivity contribution in [3.63, 3.8) is 0 Å². The third-order valence-electron chi connectivity index (χ3n) is 11.1. The van der Waals surface area contributed by atoms with Gasteiger partial charge in [0.2, 0.25) is 0 Å². The van der Waals surface area contributed by atoms with Crippen LogP contribution in [0.25, 0.3) is 55.3 Å². The Morgan fingerprint density at radius 3 is 2.21 bits per heavy atom. The van der Waals surface area contributed by atoms with Crippen LogP contribution < -0.4 is 10.5 Å². The van der Waals surface area contributed by atoms with E-state index in [1.807, 2.05) is 36.4 Å². The molecule has 2 N–H and O–H groups in total. The summed E-state index contributed by atoms with van der Waals surface area (Å²) in [5, 5.41) is 5.94. The Bertz CT molecular complexity index is 2730. The fourth-order valence-electron chi connectivity index (χ4n) is 8.46. The molecule has 53 heavy (non-hydrogen) atoms. The lowest BCUT2D eigenvalue weighted by Gasteiger charge is -2.21. The minimum atomic E-state index is -0.390. The molecule has 0 spiro atoms. The average Bonchev–Trinajstić information content (AvgIpc) is 3.76. The first-order valence-corrected chi connectivity index (χ1v) is 18.5. The molecule has 1 aromatic heterocycles. The van der Waals surface area contributed by atoms with Crippen molar-refractivity contribution in [2.24, 2.45) is 10.7 Å². The van der Waals surface area contributed by atoms with E-state index in [2.05, 4.69) is 128 Å². The number of benzene rings is 7. The molecule has 8 aromatic rings. The van der Waals surface area contributed by atoms with Gasteiger partial charge in [0.1, 0.15) is 17.1 Å². The van der Waals surface area contributed by atoms with Gasteiger partial charge < -0.3 is 14.9 Å². The van der Waals surface area contributed by atoms with E-state index in [0.29, 0.717) is 0 Å². The molecule has 10 rings (SSSR count). The molecule has 7 aromatic carbocycles. The molecule has 3 unspecified atom stereocenters. The van der Waals surface area contributed by atoms with Crippen LogP contribution in [0.5, 0.6) is 5.75 Å². The van der Waals surface area contributed by atoms with Crippen LogP contribution in [0.1, 0.15) is 59.0 Å². The summed E-state index contributed by atoms with van der Waals surface area (Å²) in [5.41, 5.74) is 18.1. The lowest BCUT2D eigenvalue weighted by atomic mass is 9.88. The van der Waals surface area contributed by atoms with Gasteiger partial charge in [-0.2, -0.15) is 0 Å². The first-order valence-electron chi connectivity index (χ1n) is 18.5. The van der Waals surface area contributed by atoms with E-state index in [4.69, 9.17) is 19.9 Å². The average molecular weight is 687 g/mol. The van der Waals surface area contributed by atoms with E-state index in [0.717, 1.165) is 63.1 Å². The number of furan rings is 1. The summed E-state index contributed by atoms with van der Waals surface area (Å²) < 4.78 is 13.3. The smallest absolute Gasteiger partial charge is 0.160 e. The highest BCUT2D eigenvalue weighted by Crippen LogP contribution is 2.43. The summed E-state index contributed by atoms with van der Waals surface area (Å²) in [6.07, 6.45) is 3.72. The Morgan fingerprint density at radius 2 is 1.38 bits per heavy atom. The van der Waals surface area contributed by atoms with E-state index in [-0.39, 0.29) is 12.1 Å². The van der Waals surface area contributed by atoms with Crippen LogP contribution in [-0.4, -0.2) is 11.8 Å². The van der Waals surface area contributed by atoms with Gasteiger partial charge in [-0.3, -0.25) is 4.99 Å². The quantitative estimate of drug-likeness (QED) is 0.177. The van der Waals surface area contributed by atoms with Crippen molar-refractivity contribution in [3.8, 4) is 16.9 Å². The van der Waals surface area contributed by atoms with Gasteiger partial charge in [-0.05, 0) is 87.5 Å². The van der Waals surface area contributed by atoms with Crippen LogP contribution in [0.3, 0.4) is 0 Å². The maximum atomic E-state index is 6.85. The number of allylic oxidation sites excluding steroid dienone is 1. The Hall–Kier alpha value is -6.23. The summed E-state index contributed by atoms with van der Waals surface area (Å²) in [5.74, 6) is 1.78. The molecule has 0 saturated carbocycles. The molecule has 1 aliphatic heterocycles. The van der Waals surface area contributed by atoms with Crippen molar-refractivity contribution >= 4 is 49.9 Å². The number of para-hydroxylation sites is 1. The summed E-state index contributed by atoms with van der Waals surface area (Å²) in [7, 11) is 0. The fourth-order valence-corrected chi connectivity index (χ4v) is 8.46. The van der Waals surface area contributed by atoms with Crippen LogP contribution in [0.2, 0.25) is 0 Å². The zero-order chi connectivity index (χ0) is 35.5. The van der Waals surface area contributed by atoms with Crippen LogP contribution >= 0.6 is 0 Å². The third-order valence-corrected chi connectivity index (χ3v) is 11.1. The van der Waals surface area contributed by atoms with Gasteiger partial charge in [0.15, 0.2) is 6.10 Å². The third kappa shape index (κ3) is 5.37. The fraction of sp³-hybridized carbons (Fsp3) is 0.122. The van der Waals surface area contributed by atoms with Crippen LogP contribution in [0.15, 0.2) is 161 Å².